The number of halogens is 3. The highest BCUT2D eigenvalue weighted by atomic mass is 19.4. The maximum atomic E-state index is 13.0. The van der Waals surface area contributed by atoms with Crippen LogP contribution in [-0.2, 0) is 6.18 Å². The maximum absolute atomic E-state index is 13.0. The van der Waals surface area contributed by atoms with E-state index in [9.17, 15) is 18.3 Å². The fourth-order valence-electron chi connectivity index (χ4n) is 2.77. The lowest BCUT2D eigenvalue weighted by Gasteiger charge is -2.12. The van der Waals surface area contributed by atoms with Gasteiger partial charge in [0.1, 0.15) is 17.3 Å². The number of hydrogen-bond donors (Lipinski definition) is 2. The van der Waals surface area contributed by atoms with Crippen LogP contribution in [0, 0.1) is 0 Å². The Balaban J connectivity index is 1.85. The number of fused-ring (bicyclic) bond motifs is 1. The van der Waals surface area contributed by atoms with Crippen LogP contribution in [0.4, 0.5) is 24.7 Å². The Bertz CT molecular complexity index is 1120. The second-order valence-corrected chi connectivity index (χ2v) is 5.85. The topological polar surface area (TPSA) is 62.5 Å². The van der Waals surface area contributed by atoms with Gasteiger partial charge in [0.05, 0.1) is 5.56 Å². The smallest absolute Gasteiger partial charge is 0.416 e. The summed E-state index contributed by atoms with van der Waals surface area (Å²) in [5.74, 6) is 0.885. The molecule has 0 fully saturated rings. The van der Waals surface area contributed by atoms with Gasteiger partial charge in [0, 0.05) is 23.6 Å². The zero-order valence-corrected chi connectivity index (χ0v) is 13.8. The number of phenols is 1. The van der Waals surface area contributed by atoms with Gasteiger partial charge >= 0.3 is 6.18 Å². The van der Waals surface area contributed by atoms with Crippen LogP contribution in [0.2, 0.25) is 0 Å². The van der Waals surface area contributed by atoms with E-state index >= 15 is 0 Å². The SMILES string of the molecule is Oc1cccc(-c2nc3ncccn3c2Nc2cccc(C(F)(F)F)c2)c1. The van der Waals surface area contributed by atoms with Crippen LogP contribution in [0.5, 0.6) is 5.75 Å². The van der Waals surface area contributed by atoms with Crippen LogP contribution >= 0.6 is 0 Å². The van der Waals surface area contributed by atoms with Crippen LogP contribution in [0.1, 0.15) is 5.56 Å². The fourth-order valence-corrected chi connectivity index (χ4v) is 2.77. The summed E-state index contributed by atoms with van der Waals surface area (Å²) in [6.07, 6.45) is -1.16. The molecular formula is C19H13F3N4O. The van der Waals surface area contributed by atoms with E-state index in [-0.39, 0.29) is 11.4 Å². The van der Waals surface area contributed by atoms with Crippen molar-refractivity contribution in [1.82, 2.24) is 14.4 Å². The molecular weight excluding hydrogens is 357 g/mol. The van der Waals surface area contributed by atoms with E-state index in [0.29, 0.717) is 22.9 Å². The van der Waals surface area contributed by atoms with Crippen molar-refractivity contribution in [2.75, 3.05) is 5.32 Å². The molecule has 136 valence electrons. The Labute approximate surface area is 151 Å². The molecule has 2 heterocycles. The molecule has 0 radical (unpaired) electrons. The Morgan fingerprint density at radius 1 is 1.00 bits per heavy atom. The number of phenolic OH excluding ortho intramolecular Hbond substituents is 1. The zero-order valence-electron chi connectivity index (χ0n) is 13.8. The number of hydrogen-bond acceptors (Lipinski definition) is 4. The lowest BCUT2D eigenvalue weighted by atomic mass is 10.1. The molecule has 0 atom stereocenters. The second kappa shape index (κ2) is 6.31. The Morgan fingerprint density at radius 2 is 1.81 bits per heavy atom. The van der Waals surface area contributed by atoms with Gasteiger partial charge in [-0.2, -0.15) is 13.2 Å². The number of aromatic nitrogens is 3. The minimum absolute atomic E-state index is 0.0579. The number of aromatic hydroxyl groups is 1. The van der Waals surface area contributed by atoms with E-state index in [1.165, 1.54) is 24.3 Å². The lowest BCUT2D eigenvalue weighted by Crippen LogP contribution is -2.05. The van der Waals surface area contributed by atoms with Gasteiger partial charge in [0.15, 0.2) is 0 Å². The van der Waals surface area contributed by atoms with E-state index in [1.807, 2.05) is 0 Å². The summed E-state index contributed by atoms with van der Waals surface area (Å²) in [5.41, 5.74) is 0.576. The van der Waals surface area contributed by atoms with Gasteiger partial charge in [0.25, 0.3) is 0 Å². The van der Waals surface area contributed by atoms with Gasteiger partial charge in [-0.15, -0.1) is 0 Å². The van der Waals surface area contributed by atoms with Gasteiger partial charge in [-0.25, -0.2) is 9.97 Å². The molecule has 0 bridgehead atoms. The van der Waals surface area contributed by atoms with Crippen LogP contribution in [0.15, 0.2) is 67.0 Å². The number of alkyl halides is 3. The molecule has 0 spiro atoms. The minimum Gasteiger partial charge on any atom is -0.508 e. The Kier molecular flexibility index (Phi) is 3.95. The quantitative estimate of drug-likeness (QED) is 0.540. The third-order valence-corrected chi connectivity index (χ3v) is 3.98. The molecule has 0 unspecified atom stereocenters. The first-order valence-corrected chi connectivity index (χ1v) is 7.98. The molecule has 0 aliphatic heterocycles. The van der Waals surface area contributed by atoms with Crippen molar-refractivity contribution in [3.63, 3.8) is 0 Å². The molecule has 0 saturated carbocycles. The third kappa shape index (κ3) is 3.29. The van der Waals surface area contributed by atoms with Crippen LogP contribution < -0.4 is 5.32 Å². The molecule has 4 rings (SSSR count). The third-order valence-electron chi connectivity index (χ3n) is 3.98. The van der Waals surface area contributed by atoms with E-state index in [2.05, 4.69) is 15.3 Å². The molecule has 0 saturated heterocycles. The molecule has 2 aromatic heterocycles. The normalized spacial score (nSPS) is 11.7. The van der Waals surface area contributed by atoms with Crippen molar-refractivity contribution in [3.8, 4) is 17.0 Å². The Hall–Kier alpha value is -3.55. The average Bonchev–Trinajstić information content (AvgIpc) is 3.00. The number of nitrogens with zero attached hydrogens (tertiary/aromatic N) is 3. The Morgan fingerprint density at radius 3 is 2.59 bits per heavy atom. The summed E-state index contributed by atoms with van der Waals surface area (Å²) in [4.78, 5) is 8.63. The first-order valence-electron chi connectivity index (χ1n) is 7.98. The second-order valence-electron chi connectivity index (χ2n) is 5.85. The number of imidazole rings is 1. The van der Waals surface area contributed by atoms with Gasteiger partial charge in [-0.1, -0.05) is 18.2 Å². The number of nitrogens with one attached hydrogen (secondary N) is 1. The highest BCUT2D eigenvalue weighted by Crippen LogP contribution is 2.34. The molecule has 0 amide bonds. The van der Waals surface area contributed by atoms with E-state index in [1.54, 1.807) is 35.0 Å². The molecule has 4 aromatic rings. The van der Waals surface area contributed by atoms with Gasteiger partial charge in [0.2, 0.25) is 5.78 Å². The van der Waals surface area contributed by atoms with E-state index < -0.39 is 11.7 Å². The summed E-state index contributed by atoms with van der Waals surface area (Å²) in [6, 6.07) is 13.1. The molecule has 0 aliphatic rings. The number of benzene rings is 2. The molecule has 0 aliphatic carbocycles. The fraction of sp³-hybridized carbons (Fsp3) is 0.0526. The molecule has 8 heteroatoms. The zero-order chi connectivity index (χ0) is 19.0. The van der Waals surface area contributed by atoms with Gasteiger partial charge in [-0.3, -0.25) is 4.40 Å². The van der Waals surface area contributed by atoms with Gasteiger partial charge in [-0.05, 0) is 36.4 Å². The molecule has 2 N–H and O–H groups in total. The van der Waals surface area contributed by atoms with Crippen LogP contribution in [0.3, 0.4) is 0 Å². The largest absolute Gasteiger partial charge is 0.508 e. The van der Waals surface area contributed by atoms with Gasteiger partial charge < -0.3 is 10.4 Å². The number of rotatable bonds is 3. The minimum atomic E-state index is -4.44. The van der Waals surface area contributed by atoms with E-state index in [4.69, 9.17) is 0 Å². The van der Waals surface area contributed by atoms with E-state index in [0.717, 1.165) is 12.1 Å². The van der Waals surface area contributed by atoms with Crippen molar-refractivity contribution in [1.29, 1.82) is 0 Å². The lowest BCUT2D eigenvalue weighted by molar-refractivity contribution is -0.137. The predicted molar refractivity (Wildman–Crippen MR) is 94.8 cm³/mol. The average molecular weight is 370 g/mol. The standard InChI is InChI=1S/C19H13F3N4O/c20-19(21,22)13-5-2-6-14(11-13)24-17-16(12-4-1-7-15(27)10-12)25-18-23-8-3-9-26(17)18/h1-11,24,27H. The molecule has 27 heavy (non-hydrogen) atoms. The highest BCUT2D eigenvalue weighted by Gasteiger charge is 2.30. The number of anilines is 2. The summed E-state index contributed by atoms with van der Waals surface area (Å²) < 4.78 is 40.7. The first-order chi connectivity index (χ1) is 12.9. The van der Waals surface area contributed by atoms with Crippen LogP contribution in [-0.4, -0.2) is 19.5 Å². The summed E-state index contributed by atoms with van der Waals surface area (Å²) in [7, 11) is 0. The monoisotopic (exact) mass is 370 g/mol. The predicted octanol–water partition coefficient (Wildman–Crippen LogP) is 4.86. The van der Waals surface area contributed by atoms with Crippen molar-refractivity contribution >= 4 is 17.3 Å². The first kappa shape index (κ1) is 16.9. The summed E-state index contributed by atoms with van der Waals surface area (Å²) in [5, 5.41) is 12.8. The molecule has 2 aromatic carbocycles. The van der Waals surface area contributed by atoms with Crippen molar-refractivity contribution < 1.29 is 18.3 Å². The molecule has 5 nitrogen and oxygen atoms in total. The maximum Gasteiger partial charge on any atom is 0.416 e. The highest BCUT2D eigenvalue weighted by molar-refractivity contribution is 5.79. The van der Waals surface area contributed by atoms with Crippen molar-refractivity contribution in [3.05, 3.63) is 72.6 Å². The summed E-state index contributed by atoms with van der Waals surface area (Å²) >= 11 is 0. The van der Waals surface area contributed by atoms with Crippen LogP contribution in [0.25, 0.3) is 17.0 Å². The van der Waals surface area contributed by atoms with Crippen molar-refractivity contribution in [2.45, 2.75) is 6.18 Å². The van der Waals surface area contributed by atoms with Crippen molar-refractivity contribution in [2.24, 2.45) is 0 Å². The summed E-state index contributed by atoms with van der Waals surface area (Å²) in [6.45, 7) is 0.